The molecule has 0 fully saturated rings. The minimum absolute atomic E-state index is 0.0464. The van der Waals surface area contributed by atoms with Crippen LogP contribution in [0.1, 0.15) is 22.6 Å². The number of nitrogens with zero attached hydrogens (tertiary/aromatic N) is 1. The minimum atomic E-state index is -0.480. The molecule has 0 bridgehead atoms. The van der Waals surface area contributed by atoms with Crippen molar-refractivity contribution >= 4 is 11.9 Å². The molecule has 0 spiro atoms. The van der Waals surface area contributed by atoms with Crippen molar-refractivity contribution in [1.82, 2.24) is 10.3 Å². The van der Waals surface area contributed by atoms with E-state index in [1.807, 2.05) is 24.3 Å². The van der Waals surface area contributed by atoms with E-state index < -0.39 is 6.09 Å². The van der Waals surface area contributed by atoms with Gasteiger partial charge in [-0.15, -0.1) is 0 Å². The maximum absolute atomic E-state index is 12.0. The molecule has 0 unspecified atom stereocenters. The molecule has 2 aromatic carbocycles. The van der Waals surface area contributed by atoms with Gasteiger partial charge in [-0.1, -0.05) is 60.4 Å². The predicted molar refractivity (Wildman–Crippen MR) is 109 cm³/mol. The highest BCUT2D eigenvalue weighted by atomic mass is 16.5. The molecule has 5 heteroatoms. The Hall–Kier alpha value is -3.78. The molecule has 1 aliphatic carbocycles. The Morgan fingerprint density at radius 2 is 1.71 bits per heavy atom. The van der Waals surface area contributed by atoms with Gasteiger partial charge >= 0.3 is 6.09 Å². The molecule has 28 heavy (non-hydrogen) atoms. The summed E-state index contributed by atoms with van der Waals surface area (Å²) in [6, 6.07) is 19.9. The molecule has 1 amide bonds. The lowest BCUT2D eigenvalue weighted by Gasteiger charge is -2.14. The van der Waals surface area contributed by atoms with E-state index in [1.54, 1.807) is 18.3 Å². The lowest BCUT2D eigenvalue weighted by molar-refractivity contribution is 0.144. The van der Waals surface area contributed by atoms with Crippen LogP contribution < -0.4 is 11.1 Å². The van der Waals surface area contributed by atoms with E-state index in [-0.39, 0.29) is 19.1 Å². The van der Waals surface area contributed by atoms with E-state index in [2.05, 4.69) is 46.4 Å². The number of anilines is 1. The number of fused-ring (bicyclic) bond motifs is 3. The molecule has 1 aliphatic rings. The van der Waals surface area contributed by atoms with Crippen LogP contribution in [0.2, 0.25) is 0 Å². The van der Waals surface area contributed by atoms with E-state index in [0.717, 1.165) is 5.56 Å². The summed E-state index contributed by atoms with van der Waals surface area (Å²) in [5.41, 5.74) is 11.1. The molecule has 0 radical (unpaired) electrons. The molecular formula is C23H19N3O2. The second-order valence-electron chi connectivity index (χ2n) is 6.45. The number of nitrogen functional groups attached to an aromatic ring is 1. The van der Waals surface area contributed by atoms with Crippen molar-refractivity contribution in [1.29, 1.82) is 0 Å². The normalized spacial score (nSPS) is 11.7. The topological polar surface area (TPSA) is 77.2 Å². The number of aromatic nitrogens is 1. The van der Waals surface area contributed by atoms with E-state index in [0.29, 0.717) is 5.82 Å². The summed E-state index contributed by atoms with van der Waals surface area (Å²) < 4.78 is 5.46. The van der Waals surface area contributed by atoms with Gasteiger partial charge in [0.1, 0.15) is 12.4 Å². The van der Waals surface area contributed by atoms with Crippen LogP contribution in [-0.2, 0) is 4.74 Å². The number of pyridine rings is 1. The molecule has 4 rings (SSSR count). The number of hydrogen-bond donors (Lipinski definition) is 2. The van der Waals surface area contributed by atoms with Crippen LogP contribution in [0.25, 0.3) is 11.1 Å². The summed E-state index contributed by atoms with van der Waals surface area (Å²) in [5.74, 6) is 6.27. The van der Waals surface area contributed by atoms with Crippen LogP contribution in [0, 0.1) is 11.8 Å². The fraction of sp³-hybridized carbons (Fsp3) is 0.130. The number of alkyl carbamates (subject to hydrolysis) is 1. The van der Waals surface area contributed by atoms with E-state index >= 15 is 0 Å². The van der Waals surface area contributed by atoms with Crippen LogP contribution in [0.15, 0.2) is 66.9 Å². The van der Waals surface area contributed by atoms with Crippen molar-refractivity contribution in [2.45, 2.75) is 5.92 Å². The Bertz CT molecular complexity index is 1020. The van der Waals surface area contributed by atoms with Crippen molar-refractivity contribution in [3.8, 4) is 23.0 Å². The highest BCUT2D eigenvalue weighted by molar-refractivity contribution is 5.79. The lowest BCUT2D eigenvalue weighted by atomic mass is 9.98. The van der Waals surface area contributed by atoms with Gasteiger partial charge in [0.05, 0.1) is 6.54 Å². The van der Waals surface area contributed by atoms with Gasteiger partial charge in [0.2, 0.25) is 0 Å². The maximum atomic E-state index is 12.0. The number of amides is 1. The van der Waals surface area contributed by atoms with Gasteiger partial charge < -0.3 is 15.8 Å². The molecule has 3 N–H and O–H groups in total. The van der Waals surface area contributed by atoms with Crippen LogP contribution in [0.4, 0.5) is 10.6 Å². The Balaban J connectivity index is 1.35. The van der Waals surface area contributed by atoms with Crippen molar-refractivity contribution in [2.75, 3.05) is 18.9 Å². The Morgan fingerprint density at radius 3 is 2.36 bits per heavy atom. The van der Waals surface area contributed by atoms with Crippen molar-refractivity contribution in [3.63, 3.8) is 0 Å². The number of carbonyl (C=O) groups is 1. The average Bonchev–Trinajstić information content (AvgIpc) is 3.05. The number of hydrogen-bond acceptors (Lipinski definition) is 4. The molecule has 0 atom stereocenters. The summed E-state index contributed by atoms with van der Waals surface area (Å²) in [6.45, 7) is 0.482. The second-order valence-corrected chi connectivity index (χ2v) is 6.45. The van der Waals surface area contributed by atoms with Gasteiger partial charge in [-0.25, -0.2) is 9.78 Å². The third-order valence-corrected chi connectivity index (χ3v) is 4.68. The number of benzene rings is 2. The zero-order valence-electron chi connectivity index (χ0n) is 15.2. The van der Waals surface area contributed by atoms with Gasteiger partial charge in [-0.05, 0) is 34.4 Å². The number of nitrogens with one attached hydrogen (secondary N) is 1. The summed E-state index contributed by atoms with van der Waals surface area (Å²) in [6.07, 6.45) is 1.11. The van der Waals surface area contributed by atoms with Crippen molar-refractivity contribution in [3.05, 3.63) is 83.6 Å². The van der Waals surface area contributed by atoms with Gasteiger partial charge in [0.15, 0.2) is 0 Å². The smallest absolute Gasteiger partial charge is 0.407 e. The maximum Gasteiger partial charge on any atom is 0.407 e. The third kappa shape index (κ3) is 3.67. The number of ether oxygens (including phenoxy) is 1. The molecule has 1 aromatic heterocycles. The number of carbonyl (C=O) groups excluding carboxylic acids is 1. The van der Waals surface area contributed by atoms with Crippen LogP contribution in [0.3, 0.4) is 0 Å². The van der Waals surface area contributed by atoms with Gasteiger partial charge in [0.25, 0.3) is 0 Å². The van der Waals surface area contributed by atoms with Crippen molar-refractivity contribution < 1.29 is 9.53 Å². The molecule has 5 nitrogen and oxygen atoms in total. The zero-order chi connectivity index (χ0) is 19.3. The largest absolute Gasteiger partial charge is 0.449 e. The first-order valence-corrected chi connectivity index (χ1v) is 9.01. The van der Waals surface area contributed by atoms with Crippen LogP contribution in [-0.4, -0.2) is 24.2 Å². The van der Waals surface area contributed by atoms with E-state index in [1.165, 1.54) is 22.3 Å². The molecule has 1 heterocycles. The van der Waals surface area contributed by atoms with Gasteiger partial charge in [-0.3, -0.25) is 0 Å². The Labute approximate surface area is 163 Å². The SMILES string of the molecule is Nc1ccc(C#CCNC(=O)OCC2c3ccccc3-c3ccccc32)cn1. The molecule has 0 saturated carbocycles. The molecular weight excluding hydrogens is 350 g/mol. The van der Waals surface area contributed by atoms with Crippen molar-refractivity contribution in [2.24, 2.45) is 0 Å². The van der Waals surface area contributed by atoms with Gasteiger partial charge in [0, 0.05) is 17.7 Å². The standard InChI is InChI=1S/C23H19N3O2/c24-22-12-11-16(14-26-22)6-5-13-25-23(27)28-15-21-19-9-3-1-7-17(19)18-8-2-4-10-20(18)21/h1-4,7-12,14,21H,13,15H2,(H2,24,26)(H,25,27). The monoisotopic (exact) mass is 369 g/mol. The lowest BCUT2D eigenvalue weighted by Crippen LogP contribution is -2.26. The number of nitrogens with two attached hydrogens (primary N) is 1. The Morgan fingerprint density at radius 1 is 1.04 bits per heavy atom. The summed E-state index contributed by atoms with van der Waals surface area (Å²) in [5, 5.41) is 2.66. The third-order valence-electron chi connectivity index (χ3n) is 4.68. The highest BCUT2D eigenvalue weighted by Crippen LogP contribution is 2.44. The minimum Gasteiger partial charge on any atom is -0.449 e. The van der Waals surface area contributed by atoms with E-state index in [4.69, 9.17) is 10.5 Å². The summed E-state index contributed by atoms with van der Waals surface area (Å²) >= 11 is 0. The quantitative estimate of drug-likeness (QED) is 0.692. The second kappa shape index (κ2) is 7.85. The zero-order valence-corrected chi connectivity index (χ0v) is 15.2. The summed E-state index contributed by atoms with van der Waals surface area (Å²) in [4.78, 5) is 16.0. The molecule has 0 aliphatic heterocycles. The molecule has 138 valence electrons. The number of rotatable bonds is 3. The average molecular weight is 369 g/mol. The molecule has 0 saturated heterocycles. The molecule has 3 aromatic rings. The fourth-order valence-corrected chi connectivity index (χ4v) is 3.39. The predicted octanol–water partition coefficient (Wildman–Crippen LogP) is 3.55. The Kier molecular flexibility index (Phi) is 4.94. The first-order chi connectivity index (χ1) is 13.7. The highest BCUT2D eigenvalue weighted by Gasteiger charge is 2.28. The summed E-state index contributed by atoms with van der Waals surface area (Å²) in [7, 11) is 0. The van der Waals surface area contributed by atoms with Crippen LogP contribution in [0.5, 0.6) is 0 Å². The van der Waals surface area contributed by atoms with E-state index in [9.17, 15) is 4.79 Å². The van der Waals surface area contributed by atoms with Crippen LogP contribution >= 0.6 is 0 Å². The first kappa shape index (κ1) is 17.6. The van der Waals surface area contributed by atoms with Gasteiger partial charge in [-0.2, -0.15) is 0 Å². The first-order valence-electron chi connectivity index (χ1n) is 9.01. The fourth-order valence-electron chi connectivity index (χ4n) is 3.39.